The molecule has 0 aromatic heterocycles. The van der Waals surface area contributed by atoms with E-state index in [1.165, 1.54) is 45.1 Å². The molecule has 2 unspecified atom stereocenters. The number of halogens is 1. The number of likely N-dealkylation sites (N-methyl/N-ethyl adjacent to an activating group) is 1. The molecule has 3 aliphatic rings. The van der Waals surface area contributed by atoms with Crippen LogP contribution in [-0.4, -0.2) is 37.1 Å². The highest BCUT2D eigenvalue weighted by Crippen LogP contribution is 2.55. The van der Waals surface area contributed by atoms with E-state index in [1.54, 1.807) is 18.2 Å². The van der Waals surface area contributed by atoms with Crippen LogP contribution >= 0.6 is 0 Å². The zero-order chi connectivity index (χ0) is 13.7. The van der Waals surface area contributed by atoms with Gasteiger partial charge in [-0.2, -0.15) is 0 Å². The molecule has 4 heteroatoms. The number of nitrogens with zero attached hydrogens (tertiary/aromatic N) is 1. The summed E-state index contributed by atoms with van der Waals surface area (Å²) < 4.78 is 5.51. The SMILES string of the molecule is COc1ccc2c(c1)[C@]13CCCCC1C(C2)N(C)CC3.O.[Br-]. The van der Waals surface area contributed by atoms with E-state index in [1.807, 2.05) is 0 Å². The number of ether oxygens (including phenoxy) is 1. The lowest BCUT2D eigenvalue weighted by molar-refractivity contribution is -0.0000119. The topological polar surface area (TPSA) is 44.0 Å². The first-order chi connectivity index (χ1) is 9.74. The summed E-state index contributed by atoms with van der Waals surface area (Å²) in [6.45, 7) is 1.26. The molecule has 1 saturated heterocycles. The Bertz CT molecular complexity index is 536. The normalized spacial score (nSPS) is 32.8. The quantitative estimate of drug-likeness (QED) is 0.674. The molecule has 2 bridgehead atoms. The van der Waals surface area contributed by atoms with E-state index in [0.29, 0.717) is 5.41 Å². The van der Waals surface area contributed by atoms with E-state index in [9.17, 15) is 0 Å². The molecule has 22 heavy (non-hydrogen) atoms. The van der Waals surface area contributed by atoms with Crippen LogP contribution in [0.2, 0.25) is 0 Å². The fourth-order valence-corrected chi connectivity index (χ4v) is 5.30. The van der Waals surface area contributed by atoms with Crippen molar-refractivity contribution in [2.24, 2.45) is 5.92 Å². The van der Waals surface area contributed by atoms with Crippen LogP contribution in [0.3, 0.4) is 0 Å². The molecule has 3 nitrogen and oxygen atoms in total. The van der Waals surface area contributed by atoms with Crippen LogP contribution < -0.4 is 21.7 Å². The fourth-order valence-electron chi connectivity index (χ4n) is 5.30. The molecule has 1 saturated carbocycles. The number of fused-ring (bicyclic) bond motifs is 1. The summed E-state index contributed by atoms with van der Waals surface area (Å²) in [6.07, 6.45) is 8.22. The first-order valence-electron chi connectivity index (χ1n) is 8.12. The largest absolute Gasteiger partial charge is 1.00 e. The Kier molecular flexibility index (Phi) is 5.25. The van der Waals surface area contributed by atoms with Crippen molar-refractivity contribution in [3.8, 4) is 5.75 Å². The summed E-state index contributed by atoms with van der Waals surface area (Å²) in [5.41, 5.74) is 3.67. The average molecular weight is 369 g/mol. The number of methoxy groups -OCH3 is 1. The smallest absolute Gasteiger partial charge is 0.119 e. The predicted molar refractivity (Wildman–Crippen MR) is 85.0 cm³/mol. The average Bonchev–Trinajstić information content (AvgIpc) is 2.50. The summed E-state index contributed by atoms with van der Waals surface area (Å²) in [4.78, 5) is 2.63. The van der Waals surface area contributed by atoms with Crippen LogP contribution in [0.15, 0.2) is 18.2 Å². The van der Waals surface area contributed by atoms with Crippen molar-refractivity contribution in [2.45, 2.75) is 50.0 Å². The molecule has 1 heterocycles. The van der Waals surface area contributed by atoms with Gasteiger partial charge in [0, 0.05) is 11.5 Å². The molecule has 124 valence electrons. The van der Waals surface area contributed by atoms with E-state index < -0.39 is 0 Å². The van der Waals surface area contributed by atoms with Crippen molar-refractivity contribution >= 4 is 0 Å². The Hall–Kier alpha value is -0.580. The predicted octanol–water partition coefficient (Wildman–Crippen LogP) is -0.437. The van der Waals surface area contributed by atoms with Gasteiger partial charge in [-0.3, -0.25) is 0 Å². The summed E-state index contributed by atoms with van der Waals surface area (Å²) in [6, 6.07) is 7.60. The van der Waals surface area contributed by atoms with Gasteiger partial charge in [-0.05, 0) is 68.5 Å². The van der Waals surface area contributed by atoms with Gasteiger partial charge in [-0.25, -0.2) is 0 Å². The van der Waals surface area contributed by atoms with Crippen LogP contribution in [0, 0.1) is 5.92 Å². The molecule has 1 aliphatic heterocycles. The number of piperidine rings is 1. The number of hydrogen-bond acceptors (Lipinski definition) is 2. The maximum Gasteiger partial charge on any atom is 0.119 e. The molecular formula is C18H27BrNO2-. The third kappa shape index (κ3) is 2.40. The molecule has 1 aromatic carbocycles. The zero-order valence-electron chi connectivity index (χ0n) is 13.6. The molecule has 1 aromatic rings. The van der Waals surface area contributed by atoms with Gasteiger partial charge in [0.1, 0.15) is 5.75 Å². The first kappa shape index (κ1) is 17.8. The molecule has 4 rings (SSSR count). The second kappa shape index (κ2) is 6.50. The van der Waals surface area contributed by atoms with Crippen LogP contribution in [0.1, 0.15) is 43.2 Å². The molecule has 0 amide bonds. The highest BCUT2D eigenvalue weighted by Gasteiger charge is 2.53. The summed E-state index contributed by atoms with van der Waals surface area (Å²) in [7, 11) is 4.12. The van der Waals surface area contributed by atoms with Gasteiger partial charge in [-0.1, -0.05) is 18.9 Å². The van der Waals surface area contributed by atoms with Crippen LogP contribution in [0.5, 0.6) is 5.75 Å². The van der Waals surface area contributed by atoms with Crippen LogP contribution in [0.4, 0.5) is 0 Å². The van der Waals surface area contributed by atoms with Gasteiger partial charge in [-0.15, -0.1) is 0 Å². The molecule has 2 aliphatic carbocycles. The van der Waals surface area contributed by atoms with E-state index >= 15 is 0 Å². The van der Waals surface area contributed by atoms with Crippen LogP contribution in [0.25, 0.3) is 0 Å². The number of hydrogen-bond donors (Lipinski definition) is 0. The maximum absolute atomic E-state index is 5.51. The minimum atomic E-state index is 0. The fraction of sp³-hybridized carbons (Fsp3) is 0.667. The zero-order valence-corrected chi connectivity index (χ0v) is 15.2. The van der Waals surface area contributed by atoms with Crippen molar-refractivity contribution in [2.75, 3.05) is 20.7 Å². The number of rotatable bonds is 1. The van der Waals surface area contributed by atoms with Crippen molar-refractivity contribution in [1.29, 1.82) is 0 Å². The number of likely N-dealkylation sites (tertiary alicyclic amines) is 1. The highest BCUT2D eigenvalue weighted by molar-refractivity contribution is 5.45. The van der Waals surface area contributed by atoms with E-state index in [-0.39, 0.29) is 22.5 Å². The highest BCUT2D eigenvalue weighted by atomic mass is 79.9. The van der Waals surface area contributed by atoms with Gasteiger partial charge in [0.2, 0.25) is 0 Å². The van der Waals surface area contributed by atoms with Gasteiger partial charge in [0.15, 0.2) is 0 Å². The standard InChI is InChI=1S/C18H25NO.BrH.H2O/c1-19-10-9-18-8-4-3-5-15(18)17(19)11-13-6-7-14(20-2)12-16(13)18;;/h6-7,12,15,17H,3-5,8-11H2,1-2H3;1H;1H2/p-1/t15?,17?,18-;;/m0../s1. The van der Waals surface area contributed by atoms with Crippen molar-refractivity contribution in [1.82, 2.24) is 4.90 Å². The lowest BCUT2D eigenvalue weighted by Gasteiger charge is -2.58. The Balaban J connectivity index is 0.000000882. The van der Waals surface area contributed by atoms with Gasteiger partial charge < -0.3 is 32.1 Å². The number of benzene rings is 1. The lowest BCUT2D eigenvalue weighted by Crippen LogP contribution is -3.00. The Morgan fingerprint density at radius 1 is 1.23 bits per heavy atom. The summed E-state index contributed by atoms with van der Waals surface area (Å²) in [5.74, 6) is 1.91. The van der Waals surface area contributed by atoms with Crippen molar-refractivity contribution < 1.29 is 27.2 Å². The van der Waals surface area contributed by atoms with Gasteiger partial charge in [0.05, 0.1) is 7.11 Å². The summed E-state index contributed by atoms with van der Waals surface area (Å²) >= 11 is 0. The van der Waals surface area contributed by atoms with Crippen molar-refractivity contribution in [3.05, 3.63) is 29.3 Å². The molecule has 2 fully saturated rings. The molecule has 3 atom stereocenters. The molecular weight excluding hydrogens is 342 g/mol. The van der Waals surface area contributed by atoms with Crippen molar-refractivity contribution in [3.63, 3.8) is 0 Å². The third-order valence-electron chi connectivity index (χ3n) is 6.32. The second-order valence-electron chi connectivity index (χ2n) is 7.03. The third-order valence-corrected chi connectivity index (χ3v) is 6.32. The maximum atomic E-state index is 5.51. The van der Waals surface area contributed by atoms with Crippen LogP contribution in [-0.2, 0) is 11.8 Å². The first-order valence-corrected chi connectivity index (χ1v) is 8.12. The molecule has 0 radical (unpaired) electrons. The lowest BCUT2D eigenvalue weighted by atomic mass is 9.52. The molecule has 0 spiro atoms. The van der Waals surface area contributed by atoms with Gasteiger partial charge in [0.25, 0.3) is 0 Å². The van der Waals surface area contributed by atoms with E-state index in [4.69, 9.17) is 4.74 Å². The molecule has 2 N–H and O–H groups in total. The Morgan fingerprint density at radius 3 is 2.82 bits per heavy atom. The Morgan fingerprint density at radius 2 is 2.05 bits per heavy atom. The van der Waals surface area contributed by atoms with Gasteiger partial charge >= 0.3 is 0 Å². The Labute approximate surface area is 144 Å². The second-order valence-corrected chi connectivity index (χ2v) is 7.03. The minimum absolute atomic E-state index is 0. The summed E-state index contributed by atoms with van der Waals surface area (Å²) in [5, 5.41) is 0. The van der Waals surface area contributed by atoms with E-state index in [2.05, 4.69) is 30.1 Å². The van der Waals surface area contributed by atoms with E-state index in [0.717, 1.165) is 17.7 Å². The minimum Gasteiger partial charge on any atom is -1.00 e. The monoisotopic (exact) mass is 368 g/mol.